The minimum Gasteiger partial charge on any atom is -0.394 e. The quantitative estimate of drug-likeness (QED) is 0.0684. The fourth-order valence-corrected chi connectivity index (χ4v) is 5.06. The molecule has 0 amide bonds. The van der Waals surface area contributed by atoms with Crippen molar-refractivity contribution >= 4 is 0 Å². The van der Waals surface area contributed by atoms with Gasteiger partial charge in [-0.25, -0.2) is 0 Å². The van der Waals surface area contributed by atoms with E-state index in [-0.39, 0.29) is 0 Å². The summed E-state index contributed by atoms with van der Waals surface area (Å²) in [6.45, 7) is -4.36. The number of rotatable bonds is 17. The monoisotopic (exact) mass is 668 g/mol. The fourth-order valence-electron chi connectivity index (χ4n) is 5.06. The molecule has 3 rings (SSSR count). The van der Waals surface area contributed by atoms with Crippen molar-refractivity contribution < 1.29 is 105 Å². The highest BCUT2D eigenvalue weighted by Crippen LogP contribution is 2.33. The second kappa shape index (κ2) is 17.0. The summed E-state index contributed by atoms with van der Waals surface area (Å²) in [4.78, 5) is 0. The van der Waals surface area contributed by atoms with Gasteiger partial charge >= 0.3 is 0 Å². The van der Waals surface area contributed by atoms with Gasteiger partial charge in [0.25, 0.3) is 0 Å². The summed E-state index contributed by atoms with van der Waals surface area (Å²) in [5, 5.41) is 149. The van der Waals surface area contributed by atoms with Crippen LogP contribution >= 0.6 is 0 Å². The summed E-state index contributed by atoms with van der Waals surface area (Å²) in [5.41, 5.74) is 0. The summed E-state index contributed by atoms with van der Waals surface area (Å²) < 4.78 is 32.2. The third-order valence-corrected chi connectivity index (χ3v) is 7.80. The maximum absolute atomic E-state index is 10.6. The van der Waals surface area contributed by atoms with Crippen molar-refractivity contribution in [2.45, 2.75) is 117 Å². The van der Waals surface area contributed by atoms with Gasteiger partial charge in [0.2, 0.25) is 0 Å². The third kappa shape index (κ3) is 8.61. The van der Waals surface area contributed by atoms with Gasteiger partial charge < -0.3 is 105 Å². The van der Waals surface area contributed by atoms with E-state index in [9.17, 15) is 66.4 Å². The van der Waals surface area contributed by atoms with Crippen LogP contribution in [-0.2, 0) is 28.4 Å². The lowest BCUT2D eigenvalue weighted by Gasteiger charge is -2.29. The van der Waals surface area contributed by atoms with Crippen molar-refractivity contribution in [1.82, 2.24) is 0 Å². The molecule has 3 heterocycles. The van der Waals surface area contributed by atoms with E-state index in [4.69, 9.17) is 38.6 Å². The van der Waals surface area contributed by atoms with E-state index in [2.05, 4.69) is 0 Å². The Hall–Kier alpha value is -0.840. The van der Waals surface area contributed by atoms with Gasteiger partial charge in [0.1, 0.15) is 97.7 Å². The lowest BCUT2D eigenvalue weighted by Crippen LogP contribution is -2.48. The Morgan fingerprint density at radius 2 is 0.867 bits per heavy atom. The molecule has 266 valence electrons. The smallest absolute Gasteiger partial charge is 0.187 e. The summed E-state index contributed by atoms with van der Waals surface area (Å²) in [6.07, 6.45) is -32.8. The first-order chi connectivity index (χ1) is 21.2. The van der Waals surface area contributed by atoms with E-state index in [0.717, 1.165) is 0 Å². The molecule has 19 atom stereocenters. The lowest BCUT2D eigenvalue weighted by atomic mass is 10.0. The van der Waals surface area contributed by atoms with Crippen LogP contribution in [0.5, 0.6) is 0 Å². The first-order valence-electron chi connectivity index (χ1n) is 14.0. The van der Waals surface area contributed by atoms with Gasteiger partial charge in [-0.2, -0.15) is 0 Å². The maximum atomic E-state index is 10.6. The molecule has 0 aromatic carbocycles. The Morgan fingerprint density at radius 1 is 0.467 bits per heavy atom. The Kier molecular flexibility index (Phi) is 14.6. The minimum atomic E-state index is -1.99. The van der Waals surface area contributed by atoms with Gasteiger partial charge in [-0.1, -0.05) is 0 Å². The van der Waals surface area contributed by atoms with E-state index < -0.39 is 150 Å². The first kappa shape index (κ1) is 38.6. The molecule has 45 heavy (non-hydrogen) atoms. The zero-order valence-electron chi connectivity index (χ0n) is 23.7. The molecule has 3 saturated heterocycles. The average molecular weight is 669 g/mol. The molecule has 3 aliphatic rings. The molecule has 21 heteroatoms. The molecule has 3 aliphatic heterocycles. The Balaban J connectivity index is 1.60. The van der Waals surface area contributed by atoms with Crippen LogP contribution in [0.15, 0.2) is 0 Å². The van der Waals surface area contributed by atoms with E-state index in [1.165, 1.54) is 0 Å². The molecule has 3 fully saturated rings. The molecule has 0 aliphatic carbocycles. The number of hydrogen-bond acceptors (Lipinski definition) is 21. The second-order valence-electron chi connectivity index (χ2n) is 10.9. The van der Waals surface area contributed by atoms with Crippen molar-refractivity contribution in [1.29, 1.82) is 0 Å². The summed E-state index contributed by atoms with van der Waals surface area (Å²) in [7, 11) is 0. The Bertz CT molecular complexity index is 873. The normalized spacial score (nSPS) is 41.9. The van der Waals surface area contributed by atoms with Crippen molar-refractivity contribution in [2.24, 2.45) is 0 Å². The van der Waals surface area contributed by atoms with Gasteiger partial charge in [0, 0.05) is 0 Å². The average Bonchev–Trinajstić information content (AvgIpc) is 3.60. The van der Waals surface area contributed by atoms with Crippen molar-refractivity contribution in [3.8, 4) is 0 Å². The van der Waals surface area contributed by atoms with Gasteiger partial charge in [0.15, 0.2) is 18.9 Å². The van der Waals surface area contributed by atoms with Crippen LogP contribution in [0.4, 0.5) is 0 Å². The highest BCUT2D eigenvalue weighted by atomic mass is 16.8. The molecule has 0 radical (unpaired) electrons. The van der Waals surface area contributed by atoms with Crippen LogP contribution in [0, 0.1) is 0 Å². The molecule has 0 unspecified atom stereocenters. The molecule has 0 spiro atoms. The molecule has 0 aromatic heterocycles. The molecule has 0 saturated carbocycles. The second-order valence-corrected chi connectivity index (χ2v) is 10.9. The fraction of sp³-hybridized carbons (Fsp3) is 1.00. The van der Waals surface area contributed by atoms with E-state index in [0.29, 0.717) is 0 Å². The predicted molar refractivity (Wildman–Crippen MR) is 136 cm³/mol. The number of ether oxygens (including phenoxy) is 6. The highest BCUT2D eigenvalue weighted by Gasteiger charge is 2.54. The topological polar surface area (TPSA) is 359 Å². The zero-order valence-corrected chi connectivity index (χ0v) is 23.7. The molecular formula is C24H44O21. The standard InChI is InChI=1S/C24H44O21/c25-1-6(29)11(32)12(33)8(31)5-40-22-16(37)14(35)20(44-22)9(3-27)42-24-18(39)15(36)21(45-24)10(4-28)41-23-17(38)13(34)19(43-23)7(30)2-26/h6-39H,1-5H2/t6-,7-,8-,9-,10-,11-,12-,13-,14-,15-,16-,17-,18-,19+,20+,21+,22-,23-,24-/m1/s1. The minimum absolute atomic E-state index is 0.806. The third-order valence-electron chi connectivity index (χ3n) is 7.80. The van der Waals surface area contributed by atoms with Crippen molar-refractivity contribution in [3.63, 3.8) is 0 Å². The van der Waals surface area contributed by atoms with E-state index in [1.807, 2.05) is 0 Å². The van der Waals surface area contributed by atoms with Gasteiger partial charge in [-0.05, 0) is 0 Å². The highest BCUT2D eigenvalue weighted by molar-refractivity contribution is 4.97. The maximum Gasteiger partial charge on any atom is 0.187 e. The zero-order chi connectivity index (χ0) is 33.7. The van der Waals surface area contributed by atoms with E-state index in [1.54, 1.807) is 0 Å². The number of aliphatic hydroxyl groups is 15. The summed E-state index contributed by atoms with van der Waals surface area (Å²) >= 11 is 0. The van der Waals surface area contributed by atoms with Crippen LogP contribution in [0.2, 0.25) is 0 Å². The van der Waals surface area contributed by atoms with Crippen molar-refractivity contribution in [3.05, 3.63) is 0 Å². The Labute approximate surface area is 255 Å². The first-order valence-corrected chi connectivity index (χ1v) is 14.0. The number of hydrogen-bond donors (Lipinski definition) is 15. The van der Waals surface area contributed by atoms with Crippen LogP contribution in [0.3, 0.4) is 0 Å². The molecular weight excluding hydrogens is 624 g/mol. The molecule has 0 aromatic rings. The molecule has 15 N–H and O–H groups in total. The van der Waals surface area contributed by atoms with Gasteiger partial charge in [-0.15, -0.1) is 0 Å². The molecule has 0 bridgehead atoms. The largest absolute Gasteiger partial charge is 0.394 e. The van der Waals surface area contributed by atoms with Crippen LogP contribution < -0.4 is 0 Å². The number of aliphatic hydroxyl groups excluding tert-OH is 15. The van der Waals surface area contributed by atoms with Crippen molar-refractivity contribution in [2.75, 3.05) is 33.0 Å². The summed E-state index contributed by atoms with van der Waals surface area (Å²) in [6, 6.07) is 0. The van der Waals surface area contributed by atoms with E-state index >= 15 is 0 Å². The van der Waals surface area contributed by atoms with Crippen LogP contribution in [-0.4, -0.2) is 226 Å². The predicted octanol–water partition coefficient (Wildman–Crippen LogP) is -10.1. The Morgan fingerprint density at radius 3 is 1.31 bits per heavy atom. The SMILES string of the molecule is OC[C@@H](O)[C@@H](O)[C@H](O)[C@H](O)CO[C@@H]1O[C@@H]([C@@H](CO)O[C@@H]2O[C@@H]([C@@H](CO)O[C@@H]3O[C@@H]([C@H](O)CO)[C@H](O)[C@H]3O)[C@H](O)[C@H]2O)[C@H](O)[C@H]1O. The van der Waals surface area contributed by atoms with Crippen LogP contribution in [0.1, 0.15) is 0 Å². The van der Waals surface area contributed by atoms with Gasteiger partial charge in [0.05, 0.1) is 33.0 Å². The van der Waals surface area contributed by atoms with Crippen LogP contribution in [0.25, 0.3) is 0 Å². The summed E-state index contributed by atoms with van der Waals surface area (Å²) in [5.74, 6) is 0. The molecule has 21 nitrogen and oxygen atoms in total. The lowest BCUT2D eigenvalue weighted by molar-refractivity contribution is -0.262. The van der Waals surface area contributed by atoms with Gasteiger partial charge in [-0.3, -0.25) is 0 Å².